The number of aliphatic hydroxyl groups excluding tert-OH is 1. The van der Waals surface area contributed by atoms with Crippen LogP contribution in [0.3, 0.4) is 0 Å². The molecular weight excluding hydrogens is 228 g/mol. The number of phenolic OH excluding ortho intramolecular Hbond substituents is 1. The summed E-state index contributed by atoms with van der Waals surface area (Å²) in [6.07, 6.45) is -0.355. The number of phenols is 1. The molecule has 18 heavy (non-hydrogen) atoms. The molecule has 0 saturated carbocycles. The van der Waals surface area contributed by atoms with Gasteiger partial charge >= 0.3 is 0 Å². The molecule has 2 aromatic rings. The molecule has 92 valence electrons. The molecule has 0 aliphatic carbocycles. The van der Waals surface area contributed by atoms with E-state index < -0.39 is 6.10 Å². The molecule has 1 heterocycles. The number of para-hydroxylation sites is 1. The van der Waals surface area contributed by atoms with E-state index >= 15 is 0 Å². The second-order valence-corrected chi connectivity index (χ2v) is 4.51. The van der Waals surface area contributed by atoms with E-state index in [0.29, 0.717) is 6.42 Å². The molecule has 2 atom stereocenters. The SMILES string of the molecule is Oc1ccc([C@H]2Oc3ccccc3C[C@H]2O)cc1. The first-order valence-electron chi connectivity index (χ1n) is 5.95. The summed E-state index contributed by atoms with van der Waals surface area (Å²) in [6, 6.07) is 14.5. The van der Waals surface area contributed by atoms with Crippen LogP contribution in [-0.2, 0) is 6.42 Å². The van der Waals surface area contributed by atoms with Gasteiger partial charge in [0.05, 0.1) is 6.10 Å². The van der Waals surface area contributed by atoms with E-state index in [0.717, 1.165) is 16.9 Å². The van der Waals surface area contributed by atoms with E-state index in [1.54, 1.807) is 24.3 Å². The van der Waals surface area contributed by atoms with Gasteiger partial charge in [-0.05, 0) is 29.3 Å². The van der Waals surface area contributed by atoms with Gasteiger partial charge in [-0.1, -0.05) is 30.3 Å². The van der Waals surface area contributed by atoms with Gasteiger partial charge in [-0.15, -0.1) is 0 Å². The van der Waals surface area contributed by atoms with Crippen LogP contribution in [0.1, 0.15) is 17.2 Å². The zero-order valence-corrected chi connectivity index (χ0v) is 9.78. The molecule has 1 aliphatic rings. The minimum absolute atomic E-state index is 0.212. The monoisotopic (exact) mass is 242 g/mol. The van der Waals surface area contributed by atoms with Crippen LogP contribution in [0.25, 0.3) is 0 Å². The number of aliphatic hydroxyl groups is 1. The summed E-state index contributed by atoms with van der Waals surface area (Å²) < 4.78 is 5.84. The summed E-state index contributed by atoms with van der Waals surface area (Å²) >= 11 is 0. The maximum atomic E-state index is 10.2. The van der Waals surface area contributed by atoms with Crippen LogP contribution in [0.4, 0.5) is 0 Å². The van der Waals surface area contributed by atoms with Gasteiger partial charge in [0, 0.05) is 6.42 Å². The molecule has 0 spiro atoms. The van der Waals surface area contributed by atoms with Gasteiger partial charge in [0.2, 0.25) is 0 Å². The Morgan fingerprint density at radius 2 is 1.72 bits per heavy atom. The average Bonchev–Trinajstić information content (AvgIpc) is 2.39. The minimum atomic E-state index is -0.565. The van der Waals surface area contributed by atoms with Crippen molar-refractivity contribution in [3.8, 4) is 11.5 Å². The third-order valence-corrected chi connectivity index (χ3v) is 3.23. The summed E-state index contributed by atoms with van der Waals surface area (Å²) in [7, 11) is 0. The number of hydrogen-bond donors (Lipinski definition) is 2. The van der Waals surface area contributed by atoms with Gasteiger partial charge in [-0.3, -0.25) is 0 Å². The summed E-state index contributed by atoms with van der Waals surface area (Å²) in [5.41, 5.74) is 1.90. The van der Waals surface area contributed by atoms with E-state index in [2.05, 4.69) is 0 Å². The summed E-state index contributed by atoms with van der Waals surface area (Å²) in [5, 5.41) is 19.4. The van der Waals surface area contributed by atoms with Gasteiger partial charge in [0.25, 0.3) is 0 Å². The molecule has 2 N–H and O–H groups in total. The second-order valence-electron chi connectivity index (χ2n) is 4.51. The first-order chi connectivity index (χ1) is 8.74. The number of benzene rings is 2. The predicted molar refractivity (Wildman–Crippen MR) is 67.6 cm³/mol. The Balaban J connectivity index is 1.93. The normalized spacial score (nSPS) is 22.1. The zero-order chi connectivity index (χ0) is 12.5. The van der Waals surface area contributed by atoms with Crippen LogP contribution in [0, 0.1) is 0 Å². The van der Waals surface area contributed by atoms with Crippen molar-refractivity contribution in [3.63, 3.8) is 0 Å². The quantitative estimate of drug-likeness (QED) is 0.807. The molecule has 3 nitrogen and oxygen atoms in total. The number of hydrogen-bond acceptors (Lipinski definition) is 3. The Morgan fingerprint density at radius 3 is 2.50 bits per heavy atom. The van der Waals surface area contributed by atoms with E-state index in [-0.39, 0.29) is 11.9 Å². The van der Waals surface area contributed by atoms with Crippen LogP contribution in [-0.4, -0.2) is 16.3 Å². The third-order valence-electron chi connectivity index (χ3n) is 3.23. The Morgan fingerprint density at radius 1 is 1.00 bits per heavy atom. The lowest BCUT2D eigenvalue weighted by Gasteiger charge is -2.30. The van der Waals surface area contributed by atoms with E-state index in [9.17, 15) is 10.2 Å². The standard InChI is InChI=1S/C15H14O3/c16-12-7-5-10(6-8-12)15-13(17)9-11-3-1-2-4-14(11)18-15/h1-8,13,15-17H,9H2/t13-,15-/m1/s1. The van der Waals surface area contributed by atoms with Crippen molar-refractivity contribution in [2.75, 3.05) is 0 Å². The van der Waals surface area contributed by atoms with Crippen molar-refractivity contribution in [1.29, 1.82) is 0 Å². The molecule has 0 amide bonds. The van der Waals surface area contributed by atoms with Crippen LogP contribution < -0.4 is 4.74 Å². The zero-order valence-electron chi connectivity index (χ0n) is 9.78. The van der Waals surface area contributed by atoms with Gasteiger partial charge in [0.1, 0.15) is 17.6 Å². The lowest BCUT2D eigenvalue weighted by molar-refractivity contribution is 0.0208. The highest BCUT2D eigenvalue weighted by molar-refractivity contribution is 5.38. The molecule has 2 aromatic carbocycles. The van der Waals surface area contributed by atoms with Crippen LogP contribution in [0.5, 0.6) is 11.5 Å². The third kappa shape index (κ3) is 1.93. The number of rotatable bonds is 1. The summed E-state index contributed by atoms with van der Waals surface area (Å²) in [6.45, 7) is 0. The van der Waals surface area contributed by atoms with E-state index in [1.165, 1.54) is 0 Å². The highest BCUT2D eigenvalue weighted by Crippen LogP contribution is 2.35. The fourth-order valence-corrected chi connectivity index (χ4v) is 2.29. The van der Waals surface area contributed by atoms with Gasteiger partial charge in [-0.2, -0.15) is 0 Å². The molecule has 0 radical (unpaired) electrons. The second kappa shape index (κ2) is 4.35. The molecule has 0 saturated heterocycles. The lowest BCUT2D eigenvalue weighted by Crippen LogP contribution is -2.30. The first-order valence-corrected chi connectivity index (χ1v) is 5.95. The van der Waals surface area contributed by atoms with Crippen molar-refractivity contribution >= 4 is 0 Å². The maximum absolute atomic E-state index is 10.2. The molecule has 0 aromatic heterocycles. The Kier molecular flexibility index (Phi) is 2.68. The molecule has 3 heteroatoms. The predicted octanol–water partition coefficient (Wildman–Crippen LogP) is 2.43. The van der Waals surface area contributed by atoms with Crippen LogP contribution >= 0.6 is 0 Å². The van der Waals surface area contributed by atoms with Crippen LogP contribution in [0.2, 0.25) is 0 Å². The smallest absolute Gasteiger partial charge is 0.150 e. The van der Waals surface area contributed by atoms with E-state index in [4.69, 9.17) is 4.74 Å². The Bertz CT molecular complexity index is 548. The number of aromatic hydroxyl groups is 1. The molecule has 0 bridgehead atoms. The fraction of sp³-hybridized carbons (Fsp3) is 0.200. The molecule has 3 rings (SSSR count). The average molecular weight is 242 g/mol. The topological polar surface area (TPSA) is 49.7 Å². The molecule has 0 fully saturated rings. The molecule has 0 unspecified atom stereocenters. The number of fused-ring (bicyclic) bond motifs is 1. The highest BCUT2D eigenvalue weighted by atomic mass is 16.5. The minimum Gasteiger partial charge on any atom is -0.508 e. The summed E-state index contributed by atoms with van der Waals surface area (Å²) in [5.74, 6) is 1.03. The Labute approximate surface area is 105 Å². The highest BCUT2D eigenvalue weighted by Gasteiger charge is 2.29. The van der Waals surface area contributed by atoms with Crippen molar-refractivity contribution in [2.24, 2.45) is 0 Å². The fourth-order valence-electron chi connectivity index (χ4n) is 2.29. The lowest BCUT2D eigenvalue weighted by atomic mass is 9.95. The summed E-state index contributed by atoms with van der Waals surface area (Å²) in [4.78, 5) is 0. The van der Waals surface area contributed by atoms with Crippen LogP contribution in [0.15, 0.2) is 48.5 Å². The van der Waals surface area contributed by atoms with Gasteiger partial charge in [-0.25, -0.2) is 0 Å². The van der Waals surface area contributed by atoms with Gasteiger partial charge < -0.3 is 14.9 Å². The van der Waals surface area contributed by atoms with E-state index in [1.807, 2.05) is 24.3 Å². The molecular formula is C15H14O3. The first kappa shape index (κ1) is 11.1. The van der Waals surface area contributed by atoms with Crippen molar-refractivity contribution < 1.29 is 14.9 Å². The molecule has 1 aliphatic heterocycles. The van der Waals surface area contributed by atoms with Crippen molar-refractivity contribution in [3.05, 3.63) is 59.7 Å². The largest absolute Gasteiger partial charge is 0.508 e. The maximum Gasteiger partial charge on any atom is 0.150 e. The van der Waals surface area contributed by atoms with Crippen molar-refractivity contribution in [1.82, 2.24) is 0 Å². The Hall–Kier alpha value is -2.00. The van der Waals surface area contributed by atoms with Crippen molar-refractivity contribution in [2.45, 2.75) is 18.6 Å². The van der Waals surface area contributed by atoms with Gasteiger partial charge in [0.15, 0.2) is 0 Å². The number of ether oxygens (including phenoxy) is 1.